The monoisotopic (exact) mass is 449 g/mol. The highest BCUT2D eigenvalue weighted by molar-refractivity contribution is 5.64. The van der Waals surface area contributed by atoms with Crippen molar-refractivity contribution in [3.8, 4) is 0 Å². The first-order valence-electron chi connectivity index (χ1n) is 13.3. The van der Waals surface area contributed by atoms with Gasteiger partial charge in [-0.25, -0.2) is 4.79 Å². The van der Waals surface area contributed by atoms with Crippen LogP contribution in [0.5, 0.6) is 0 Å². The van der Waals surface area contributed by atoms with Crippen molar-refractivity contribution >= 4 is 6.09 Å². The second-order valence-corrected chi connectivity index (χ2v) is 12.7. The molecule has 0 aromatic heterocycles. The number of amides is 1. The molecule has 5 nitrogen and oxygen atoms in total. The number of primary amides is 1. The van der Waals surface area contributed by atoms with Crippen molar-refractivity contribution in [2.45, 2.75) is 105 Å². The highest BCUT2D eigenvalue weighted by Gasteiger charge is 2.67. The second kappa shape index (κ2) is 8.45. The van der Waals surface area contributed by atoms with Crippen LogP contribution in [0.2, 0.25) is 0 Å². The third kappa shape index (κ3) is 3.43. The van der Waals surface area contributed by atoms with E-state index < -0.39 is 6.09 Å². The number of nitrogens with two attached hydrogens (primary N) is 1. The first-order valence-corrected chi connectivity index (χ1v) is 13.3. The molecule has 4 N–H and O–H groups in total. The number of rotatable bonds is 5. The van der Waals surface area contributed by atoms with Gasteiger partial charge in [0, 0.05) is 0 Å². The Morgan fingerprint density at radius 2 is 1.75 bits per heavy atom. The van der Waals surface area contributed by atoms with E-state index >= 15 is 0 Å². The summed E-state index contributed by atoms with van der Waals surface area (Å²) in [5.74, 6) is 2.64. The lowest BCUT2D eigenvalue weighted by molar-refractivity contribution is -0.209. The minimum atomic E-state index is -0.685. The Labute approximate surface area is 194 Å². The fourth-order valence-corrected chi connectivity index (χ4v) is 9.73. The number of fused-ring (bicyclic) bond motifs is 5. The predicted octanol–water partition coefficient (Wildman–Crippen LogP) is 5.12. The van der Waals surface area contributed by atoms with E-state index in [0.717, 1.165) is 32.1 Å². The van der Waals surface area contributed by atoms with E-state index in [-0.39, 0.29) is 28.5 Å². The molecule has 1 amide bonds. The van der Waals surface area contributed by atoms with Crippen LogP contribution in [0.25, 0.3) is 0 Å². The average molecular weight is 450 g/mol. The van der Waals surface area contributed by atoms with E-state index in [1.54, 1.807) is 0 Å². The number of aliphatic hydroxyl groups excluding tert-OH is 2. The average Bonchev–Trinajstić information content (AvgIpc) is 3.01. The van der Waals surface area contributed by atoms with Crippen LogP contribution >= 0.6 is 0 Å². The van der Waals surface area contributed by atoms with E-state index in [1.807, 2.05) is 0 Å². The number of hydrogen-bond donors (Lipinski definition) is 3. The second-order valence-electron chi connectivity index (χ2n) is 12.7. The van der Waals surface area contributed by atoms with Gasteiger partial charge in [-0.15, -0.1) is 0 Å². The maximum absolute atomic E-state index is 11.8. The molecule has 0 aromatic rings. The van der Waals surface area contributed by atoms with Gasteiger partial charge in [-0.05, 0) is 103 Å². The van der Waals surface area contributed by atoms with Gasteiger partial charge >= 0.3 is 6.09 Å². The van der Waals surface area contributed by atoms with Gasteiger partial charge in [0.05, 0.1) is 18.8 Å². The minimum absolute atomic E-state index is 0.172. The molecular weight excluding hydrogens is 402 g/mol. The summed E-state index contributed by atoms with van der Waals surface area (Å²) >= 11 is 0. The summed E-state index contributed by atoms with van der Waals surface area (Å²) in [6.07, 6.45) is 8.35. The SMILES string of the molecule is CC[C@H]1[C@@H](O)[C@@H]2[C@H](CC[C@@]3(C)[C@H]2CC[C@]3(C)[C@H](C)CCOC(N)=O)[C@@]2(C)CC[C@@H](O)C[C@@H]12. The van der Waals surface area contributed by atoms with Crippen LogP contribution in [0.15, 0.2) is 0 Å². The maximum atomic E-state index is 11.8. The van der Waals surface area contributed by atoms with Gasteiger partial charge in [-0.2, -0.15) is 0 Å². The van der Waals surface area contributed by atoms with Gasteiger partial charge < -0.3 is 20.7 Å². The molecule has 4 aliphatic carbocycles. The summed E-state index contributed by atoms with van der Waals surface area (Å²) in [6.45, 7) is 12.4. The Balaban J connectivity index is 1.62. The van der Waals surface area contributed by atoms with Crippen LogP contribution in [-0.2, 0) is 4.74 Å². The van der Waals surface area contributed by atoms with E-state index in [1.165, 1.54) is 25.7 Å². The van der Waals surface area contributed by atoms with E-state index in [4.69, 9.17) is 10.5 Å². The largest absolute Gasteiger partial charge is 0.450 e. The molecule has 4 saturated carbocycles. The molecule has 0 bridgehead atoms. The third-order valence-electron chi connectivity index (χ3n) is 11.9. The zero-order valence-corrected chi connectivity index (χ0v) is 21.0. The minimum Gasteiger partial charge on any atom is -0.450 e. The van der Waals surface area contributed by atoms with Gasteiger partial charge in [0.1, 0.15) is 0 Å². The lowest BCUT2D eigenvalue weighted by Crippen LogP contribution is -2.62. The lowest BCUT2D eigenvalue weighted by atomic mass is 9.40. The maximum Gasteiger partial charge on any atom is 0.404 e. The van der Waals surface area contributed by atoms with Crippen LogP contribution in [0.4, 0.5) is 4.79 Å². The van der Waals surface area contributed by atoms with Crippen molar-refractivity contribution in [3.63, 3.8) is 0 Å². The van der Waals surface area contributed by atoms with Crippen LogP contribution < -0.4 is 5.73 Å². The third-order valence-corrected chi connectivity index (χ3v) is 11.9. The Hall–Kier alpha value is -0.810. The van der Waals surface area contributed by atoms with Crippen molar-refractivity contribution in [1.29, 1.82) is 0 Å². The Morgan fingerprint density at radius 1 is 1.06 bits per heavy atom. The molecule has 0 spiro atoms. The molecule has 4 rings (SSSR count). The fourth-order valence-electron chi connectivity index (χ4n) is 9.73. The lowest BCUT2D eigenvalue weighted by Gasteiger charge is -2.65. The fraction of sp³-hybridized carbons (Fsp3) is 0.963. The Bertz CT molecular complexity index is 714. The van der Waals surface area contributed by atoms with Crippen LogP contribution in [0.1, 0.15) is 92.4 Å². The van der Waals surface area contributed by atoms with E-state index in [2.05, 4.69) is 34.6 Å². The van der Waals surface area contributed by atoms with Crippen molar-refractivity contribution in [2.75, 3.05) is 6.61 Å². The molecule has 32 heavy (non-hydrogen) atoms. The van der Waals surface area contributed by atoms with Gasteiger partial charge in [-0.3, -0.25) is 0 Å². The molecule has 0 unspecified atom stereocenters. The Kier molecular flexibility index (Phi) is 6.42. The molecule has 0 aliphatic heterocycles. The summed E-state index contributed by atoms with van der Waals surface area (Å²) in [5, 5.41) is 22.3. The van der Waals surface area contributed by atoms with Crippen molar-refractivity contribution < 1.29 is 19.7 Å². The van der Waals surface area contributed by atoms with Gasteiger partial charge in [0.2, 0.25) is 0 Å². The van der Waals surface area contributed by atoms with E-state index in [9.17, 15) is 15.0 Å². The smallest absolute Gasteiger partial charge is 0.404 e. The zero-order valence-electron chi connectivity index (χ0n) is 21.0. The quantitative estimate of drug-likeness (QED) is 0.543. The normalized spacial score (nSPS) is 51.3. The van der Waals surface area contributed by atoms with Crippen LogP contribution in [0, 0.1) is 51.8 Å². The molecule has 5 heteroatoms. The standard InChI is InChI=1S/C27H47NO4/c1-6-18-21-15-17(29)7-11-25(21,3)19-8-13-27(5)20(22(19)23(18)30)9-12-26(27,4)16(2)10-14-32-24(28)31/h16-23,29-30H,6-15H2,1-5H3,(H2,28,31)/t16-,17-,18-,19+,20+,21+,22-,23-,25-,26-,27+/m1/s1. The number of aliphatic hydroxyl groups is 2. The molecular formula is C27H47NO4. The summed E-state index contributed by atoms with van der Waals surface area (Å²) in [7, 11) is 0. The number of carbonyl (C=O) groups is 1. The Morgan fingerprint density at radius 3 is 2.41 bits per heavy atom. The molecule has 0 saturated heterocycles. The van der Waals surface area contributed by atoms with Crippen molar-refractivity contribution in [3.05, 3.63) is 0 Å². The first kappa shape index (κ1) is 24.3. The summed E-state index contributed by atoms with van der Waals surface area (Å²) in [4.78, 5) is 11.0. The van der Waals surface area contributed by atoms with Gasteiger partial charge in [0.15, 0.2) is 0 Å². The van der Waals surface area contributed by atoms with Gasteiger partial charge in [-0.1, -0.05) is 41.0 Å². The van der Waals surface area contributed by atoms with Crippen LogP contribution in [0.3, 0.4) is 0 Å². The number of hydrogen-bond acceptors (Lipinski definition) is 4. The molecule has 184 valence electrons. The molecule has 4 fully saturated rings. The summed E-state index contributed by atoms with van der Waals surface area (Å²) < 4.78 is 5.08. The van der Waals surface area contributed by atoms with Gasteiger partial charge in [0.25, 0.3) is 0 Å². The first-order chi connectivity index (χ1) is 15.0. The summed E-state index contributed by atoms with van der Waals surface area (Å²) in [6, 6.07) is 0. The molecule has 0 radical (unpaired) electrons. The predicted molar refractivity (Wildman–Crippen MR) is 126 cm³/mol. The zero-order chi connectivity index (χ0) is 23.5. The van der Waals surface area contributed by atoms with Crippen molar-refractivity contribution in [2.24, 2.45) is 57.5 Å². The summed E-state index contributed by atoms with van der Waals surface area (Å²) in [5.41, 5.74) is 5.79. The molecule has 4 aliphatic rings. The topological polar surface area (TPSA) is 92.8 Å². The molecule has 11 atom stereocenters. The molecule has 0 heterocycles. The van der Waals surface area contributed by atoms with Crippen LogP contribution in [-0.4, -0.2) is 35.1 Å². The molecule has 0 aromatic carbocycles. The number of carbonyl (C=O) groups excluding carboxylic acids is 1. The highest BCUT2D eigenvalue weighted by atomic mass is 16.5. The van der Waals surface area contributed by atoms with Crippen molar-refractivity contribution in [1.82, 2.24) is 0 Å². The number of ether oxygens (including phenoxy) is 1. The van der Waals surface area contributed by atoms with E-state index in [0.29, 0.717) is 42.1 Å². The highest BCUT2D eigenvalue weighted by Crippen LogP contribution is 2.72.